The third kappa shape index (κ3) is 3.47. The van der Waals surface area contributed by atoms with Crippen LogP contribution in [-0.4, -0.2) is 28.0 Å². The Morgan fingerprint density at radius 3 is 2.47 bits per heavy atom. The number of phenols is 1. The number of hydrogen-bond acceptors (Lipinski definition) is 3. The van der Waals surface area contributed by atoms with Gasteiger partial charge in [-0.05, 0) is 55.8 Å². The van der Waals surface area contributed by atoms with E-state index in [4.69, 9.17) is 0 Å². The number of aromatic hydroxyl groups is 1. The summed E-state index contributed by atoms with van der Waals surface area (Å²) >= 11 is 3.18. The zero-order chi connectivity index (χ0) is 14.8. The summed E-state index contributed by atoms with van der Waals surface area (Å²) in [6.45, 7) is 7.03. The quantitative estimate of drug-likeness (QED) is 0.661. The summed E-state index contributed by atoms with van der Waals surface area (Å²) in [6, 6.07) is 3.17. The van der Waals surface area contributed by atoms with E-state index in [0.717, 1.165) is 0 Å². The molecule has 0 fully saturated rings. The molecule has 0 saturated heterocycles. The Morgan fingerprint density at radius 1 is 1.42 bits per heavy atom. The van der Waals surface area contributed by atoms with Gasteiger partial charge >= 0.3 is 0 Å². The van der Waals surface area contributed by atoms with E-state index in [1.807, 2.05) is 0 Å². The van der Waals surface area contributed by atoms with Gasteiger partial charge in [0.1, 0.15) is 5.75 Å². The van der Waals surface area contributed by atoms with E-state index < -0.39 is 11.4 Å². The number of hydrazine groups is 1. The summed E-state index contributed by atoms with van der Waals surface area (Å²) in [5.74, 6) is -0.427. The number of halogens is 1. The van der Waals surface area contributed by atoms with Crippen molar-refractivity contribution < 1.29 is 14.7 Å². The first-order valence-electron chi connectivity index (χ1n) is 5.72. The lowest BCUT2D eigenvalue weighted by Crippen LogP contribution is -2.52. The van der Waals surface area contributed by atoms with Crippen LogP contribution in [0.5, 0.6) is 5.75 Å². The highest BCUT2D eigenvalue weighted by molar-refractivity contribution is 9.10. The van der Waals surface area contributed by atoms with Crippen LogP contribution in [0.15, 0.2) is 16.6 Å². The first-order valence-corrected chi connectivity index (χ1v) is 6.51. The van der Waals surface area contributed by atoms with Crippen molar-refractivity contribution >= 4 is 28.2 Å². The normalized spacial score (nSPS) is 11.0. The van der Waals surface area contributed by atoms with Gasteiger partial charge in [-0.15, -0.1) is 0 Å². The molecule has 5 nitrogen and oxygen atoms in total. The first-order chi connectivity index (χ1) is 8.68. The molecule has 0 aromatic heterocycles. The molecular formula is C13H17BrN2O3. The van der Waals surface area contributed by atoms with Gasteiger partial charge in [-0.3, -0.25) is 20.0 Å². The average molecular weight is 329 g/mol. The lowest BCUT2D eigenvalue weighted by atomic mass is 10.1. The van der Waals surface area contributed by atoms with Gasteiger partial charge in [0, 0.05) is 11.1 Å². The first kappa shape index (κ1) is 15.5. The van der Waals surface area contributed by atoms with Gasteiger partial charge in [0.25, 0.3) is 5.91 Å². The summed E-state index contributed by atoms with van der Waals surface area (Å²) in [6.07, 6.45) is 0.561. The van der Waals surface area contributed by atoms with Crippen LogP contribution < -0.4 is 5.43 Å². The molecule has 1 aromatic carbocycles. The molecule has 0 bridgehead atoms. The maximum atomic E-state index is 12.1. The number of carbonyl (C=O) groups excluding carboxylic acids is 2. The number of rotatable bonds is 3. The molecule has 19 heavy (non-hydrogen) atoms. The second kappa shape index (κ2) is 5.61. The fraction of sp³-hybridized carbons (Fsp3) is 0.385. The molecule has 1 aromatic rings. The molecule has 2 amide bonds. The Morgan fingerprint density at radius 2 is 2.00 bits per heavy atom. The molecule has 104 valence electrons. The standard InChI is InChI=1S/C13H17BrN2O3/c1-8-9(5-6-10(14)11(8)18)12(19)15-16(7-17)13(2,3)4/h5-7,18H,1-4H3,(H,15,19). The molecule has 6 heteroatoms. The largest absolute Gasteiger partial charge is 0.506 e. The van der Waals surface area contributed by atoms with E-state index >= 15 is 0 Å². The second-order valence-corrected chi connectivity index (χ2v) is 6.01. The van der Waals surface area contributed by atoms with Crippen LogP contribution in [-0.2, 0) is 4.79 Å². The number of carbonyl (C=O) groups is 2. The van der Waals surface area contributed by atoms with Gasteiger partial charge in [0.05, 0.1) is 10.0 Å². The van der Waals surface area contributed by atoms with Crippen molar-refractivity contribution in [2.75, 3.05) is 0 Å². The Balaban J connectivity index is 3.02. The summed E-state index contributed by atoms with van der Waals surface area (Å²) in [5.41, 5.74) is 2.75. The smallest absolute Gasteiger partial charge is 0.270 e. The summed E-state index contributed by atoms with van der Waals surface area (Å²) in [5, 5.41) is 11.0. The van der Waals surface area contributed by atoms with E-state index in [0.29, 0.717) is 22.0 Å². The number of nitrogens with zero attached hydrogens (tertiary/aromatic N) is 1. The van der Waals surface area contributed by atoms with E-state index in [9.17, 15) is 14.7 Å². The van der Waals surface area contributed by atoms with Gasteiger partial charge < -0.3 is 5.11 Å². The average Bonchev–Trinajstić information content (AvgIpc) is 2.31. The SMILES string of the molecule is Cc1c(C(=O)NN(C=O)C(C)(C)C)ccc(Br)c1O. The molecule has 0 unspecified atom stereocenters. The van der Waals surface area contributed by atoms with E-state index in [2.05, 4.69) is 21.4 Å². The second-order valence-electron chi connectivity index (χ2n) is 5.16. The summed E-state index contributed by atoms with van der Waals surface area (Å²) < 4.78 is 0.518. The number of benzene rings is 1. The van der Waals surface area contributed by atoms with Gasteiger partial charge in [-0.1, -0.05) is 0 Å². The minimum absolute atomic E-state index is 0.0149. The van der Waals surface area contributed by atoms with Gasteiger partial charge in [0.15, 0.2) is 0 Å². The highest BCUT2D eigenvalue weighted by Gasteiger charge is 2.23. The molecule has 0 atom stereocenters. The van der Waals surface area contributed by atoms with Crippen molar-refractivity contribution in [3.63, 3.8) is 0 Å². The summed E-state index contributed by atoms with van der Waals surface area (Å²) in [4.78, 5) is 23.1. The zero-order valence-corrected chi connectivity index (χ0v) is 12.9. The number of amides is 2. The third-order valence-electron chi connectivity index (χ3n) is 2.68. The molecule has 0 aliphatic heterocycles. The van der Waals surface area contributed by atoms with Crippen molar-refractivity contribution in [1.29, 1.82) is 0 Å². The minimum atomic E-state index is -0.525. The third-order valence-corrected chi connectivity index (χ3v) is 3.32. The monoisotopic (exact) mass is 328 g/mol. The van der Waals surface area contributed by atoms with Gasteiger partial charge in [-0.2, -0.15) is 0 Å². The topological polar surface area (TPSA) is 69.6 Å². The van der Waals surface area contributed by atoms with Crippen LogP contribution in [0.2, 0.25) is 0 Å². The van der Waals surface area contributed by atoms with Crippen molar-refractivity contribution in [3.05, 3.63) is 27.7 Å². The van der Waals surface area contributed by atoms with Crippen molar-refractivity contribution in [2.24, 2.45) is 0 Å². The van der Waals surface area contributed by atoms with Crippen molar-refractivity contribution in [3.8, 4) is 5.75 Å². The molecule has 0 spiro atoms. The van der Waals surface area contributed by atoms with Crippen LogP contribution in [0.25, 0.3) is 0 Å². The lowest BCUT2D eigenvalue weighted by Gasteiger charge is -2.32. The van der Waals surface area contributed by atoms with Crippen molar-refractivity contribution in [1.82, 2.24) is 10.4 Å². The van der Waals surface area contributed by atoms with Crippen LogP contribution in [0.3, 0.4) is 0 Å². The van der Waals surface area contributed by atoms with Crippen molar-refractivity contribution in [2.45, 2.75) is 33.2 Å². The highest BCUT2D eigenvalue weighted by Crippen LogP contribution is 2.29. The highest BCUT2D eigenvalue weighted by atomic mass is 79.9. The Kier molecular flexibility index (Phi) is 4.57. The maximum Gasteiger partial charge on any atom is 0.270 e. The molecular weight excluding hydrogens is 312 g/mol. The molecule has 0 aliphatic rings. The lowest BCUT2D eigenvalue weighted by molar-refractivity contribution is -0.125. The molecule has 0 aliphatic carbocycles. The Labute approximate surface area is 120 Å². The predicted molar refractivity (Wildman–Crippen MR) is 75.7 cm³/mol. The van der Waals surface area contributed by atoms with Gasteiger partial charge in [-0.25, -0.2) is 0 Å². The predicted octanol–water partition coefficient (Wildman–Crippen LogP) is 2.36. The molecule has 0 saturated carbocycles. The fourth-order valence-electron chi connectivity index (χ4n) is 1.43. The fourth-order valence-corrected chi connectivity index (χ4v) is 1.86. The van der Waals surface area contributed by atoms with E-state index in [1.54, 1.807) is 39.8 Å². The number of phenolic OH excluding ortho intramolecular Hbond substituents is 1. The molecule has 0 heterocycles. The molecule has 2 N–H and O–H groups in total. The van der Waals surface area contributed by atoms with E-state index in [1.165, 1.54) is 5.01 Å². The summed E-state index contributed by atoms with van der Waals surface area (Å²) in [7, 11) is 0. The number of nitrogens with one attached hydrogen (secondary N) is 1. The van der Waals surface area contributed by atoms with Crippen LogP contribution in [0.1, 0.15) is 36.7 Å². The molecule has 0 radical (unpaired) electrons. The Hall–Kier alpha value is -1.56. The number of hydrogen-bond donors (Lipinski definition) is 2. The zero-order valence-electron chi connectivity index (χ0n) is 11.3. The van der Waals surface area contributed by atoms with Crippen LogP contribution in [0, 0.1) is 6.92 Å². The van der Waals surface area contributed by atoms with E-state index in [-0.39, 0.29) is 5.75 Å². The van der Waals surface area contributed by atoms with Crippen LogP contribution in [0.4, 0.5) is 0 Å². The minimum Gasteiger partial charge on any atom is -0.506 e. The Bertz CT molecular complexity index is 509. The molecule has 1 rings (SSSR count). The van der Waals surface area contributed by atoms with Gasteiger partial charge in [0.2, 0.25) is 6.41 Å². The van der Waals surface area contributed by atoms with Crippen LogP contribution >= 0.6 is 15.9 Å². The maximum absolute atomic E-state index is 12.1.